The lowest BCUT2D eigenvalue weighted by atomic mass is 9.94. The van der Waals surface area contributed by atoms with Crippen LogP contribution in [-0.4, -0.2) is 16.7 Å². The van der Waals surface area contributed by atoms with Crippen molar-refractivity contribution in [2.24, 2.45) is 0 Å². The molecule has 0 radical (unpaired) electrons. The molecule has 0 unspecified atom stereocenters. The van der Waals surface area contributed by atoms with Gasteiger partial charge in [-0.25, -0.2) is 0 Å². The standard InChI is InChI=1S/C19H14F3NO3/c1-10-7-14(18(26)15(9-23)11(10)2)17(25)8-16(24)12-3-5-13(6-4-12)19(20,21)22/h3-7,26H,8H2,1-2H3. The van der Waals surface area contributed by atoms with Crippen LogP contribution in [0, 0.1) is 25.2 Å². The van der Waals surface area contributed by atoms with E-state index in [1.807, 2.05) is 6.07 Å². The molecule has 134 valence electrons. The molecule has 0 fully saturated rings. The molecule has 0 aliphatic carbocycles. The van der Waals surface area contributed by atoms with Gasteiger partial charge in [0.25, 0.3) is 0 Å². The number of Topliss-reactive ketones (excluding diaryl/α,β-unsaturated/α-hetero) is 2. The summed E-state index contributed by atoms with van der Waals surface area (Å²) < 4.78 is 37.6. The summed E-state index contributed by atoms with van der Waals surface area (Å²) in [4.78, 5) is 24.5. The Morgan fingerprint density at radius 2 is 1.69 bits per heavy atom. The summed E-state index contributed by atoms with van der Waals surface area (Å²) in [6.45, 7) is 3.28. The highest BCUT2D eigenvalue weighted by Crippen LogP contribution is 2.30. The smallest absolute Gasteiger partial charge is 0.416 e. The Hall–Kier alpha value is -3.14. The van der Waals surface area contributed by atoms with Crippen LogP contribution in [0.2, 0.25) is 0 Å². The molecule has 0 saturated heterocycles. The monoisotopic (exact) mass is 361 g/mol. The van der Waals surface area contributed by atoms with E-state index < -0.39 is 35.5 Å². The van der Waals surface area contributed by atoms with Gasteiger partial charge in [-0.3, -0.25) is 9.59 Å². The number of alkyl halides is 3. The Morgan fingerprint density at radius 3 is 2.19 bits per heavy atom. The predicted octanol–water partition coefficient (Wildman–Crippen LogP) is 4.36. The largest absolute Gasteiger partial charge is 0.506 e. The van der Waals surface area contributed by atoms with E-state index in [0.29, 0.717) is 11.1 Å². The zero-order valence-electron chi connectivity index (χ0n) is 13.9. The first-order chi connectivity index (χ1) is 12.1. The Kier molecular flexibility index (Phi) is 5.17. The number of carbonyl (C=O) groups excluding carboxylic acids is 2. The van der Waals surface area contributed by atoms with Crippen molar-refractivity contribution in [3.05, 3.63) is 63.7 Å². The lowest BCUT2D eigenvalue weighted by molar-refractivity contribution is -0.137. The van der Waals surface area contributed by atoms with Crippen molar-refractivity contribution in [1.29, 1.82) is 5.26 Å². The van der Waals surface area contributed by atoms with Gasteiger partial charge in [-0.05, 0) is 43.2 Å². The van der Waals surface area contributed by atoms with Gasteiger partial charge in [0.1, 0.15) is 11.8 Å². The number of aromatic hydroxyl groups is 1. The molecule has 2 rings (SSSR count). The van der Waals surface area contributed by atoms with E-state index in [1.165, 1.54) is 6.07 Å². The van der Waals surface area contributed by atoms with Crippen molar-refractivity contribution >= 4 is 11.6 Å². The zero-order valence-corrected chi connectivity index (χ0v) is 13.9. The second-order valence-electron chi connectivity index (χ2n) is 5.80. The number of nitriles is 1. The van der Waals surface area contributed by atoms with Gasteiger partial charge in [-0.15, -0.1) is 0 Å². The van der Waals surface area contributed by atoms with E-state index >= 15 is 0 Å². The highest BCUT2D eigenvalue weighted by atomic mass is 19.4. The lowest BCUT2D eigenvalue weighted by Crippen LogP contribution is -2.11. The first-order valence-electron chi connectivity index (χ1n) is 7.53. The van der Waals surface area contributed by atoms with Crippen LogP contribution in [-0.2, 0) is 6.18 Å². The Labute approximate surface area is 147 Å². The highest BCUT2D eigenvalue weighted by Gasteiger charge is 2.30. The van der Waals surface area contributed by atoms with Gasteiger partial charge in [0, 0.05) is 5.56 Å². The topological polar surface area (TPSA) is 78.2 Å². The molecule has 0 amide bonds. The lowest BCUT2D eigenvalue weighted by Gasteiger charge is -2.10. The number of rotatable bonds is 4. The molecular formula is C19H14F3NO3. The molecule has 0 aliphatic rings. The molecule has 0 saturated carbocycles. The number of phenols is 1. The fraction of sp³-hybridized carbons (Fsp3) is 0.211. The van der Waals surface area contributed by atoms with Crippen LogP contribution >= 0.6 is 0 Å². The number of benzene rings is 2. The predicted molar refractivity (Wildman–Crippen MR) is 87.0 cm³/mol. The van der Waals surface area contributed by atoms with Crippen molar-refractivity contribution in [2.75, 3.05) is 0 Å². The molecule has 0 aliphatic heterocycles. The quantitative estimate of drug-likeness (QED) is 0.648. The summed E-state index contributed by atoms with van der Waals surface area (Å²) in [6, 6.07) is 6.72. The Balaban J connectivity index is 2.27. The summed E-state index contributed by atoms with van der Waals surface area (Å²) in [6.07, 6.45) is -5.15. The fourth-order valence-corrected chi connectivity index (χ4v) is 2.44. The van der Waals surface area contributed by atoms with Crippen LogP contribution in [0.3, 0.4) is 0 Å². The third-order valence-corrected chi connectivity index (χ3v) is 4.09. The first kappa shape index (κ1) is 19.2. The normalized spacial score (nSPS) is 11.1. The summed E-state index contributed by atoms with van der Waals surface area (Å²) in [5.74, 6) is -1.90. The fourth-order valence-electron chi connectivity index (χ4n) is 2.44. The third kappa shape index (κ3) is 3.75. The maximum absolute atomic E-state index is 12.5. The van der Waals surface area contributed by atoms with Crippen LogP contribution in [0.25, 0.3) is 0 Å². The number of nitrogens with zero attached hydrogens (tertiary/aromatic N) is 1. The first-order valence-corrected chi connectivity index (χ1v) is 7.53. The molecule has 26 heavy (non-hydrogen) atoms. The van der Waals surface area contributed by atoms with Crippen molar-refractivity contribution in [1.82, 2.24) is 0 Å². The summed E-state index contributed by atoms with van der Waals surface area (Å²) in [5, 5.41) is 19.2. The molecular weight excluding hydrogens is 347 g/mol. The van der Waals surface area contributed by atoms with E-state index in [-0.39, 0.29) is 16.7 Å². The third-order valence-electron chi connectivity index (χ3n) is 4.09. The van der Waals surface area contributed by atoms with E-state index in [1.54, 1.807) is 13.8 Å². The molecule has 0 spiro atoms. The highest BCUT2D eigenvalue weighted by molar-refractivity contribution is 6.14. The number of hydrogen-bond donors (Lipinski definition) is 1. The molecule has 2 aromatic rings. The van der Waals surface area contributed by atoms with E-state index in [2.05, 4.69) is 0 Å². The molecule has 0 aromatic heterocycles. The van der Waals surface area contributed by atoms with Gasteiger partial charge in [-0.2, -0.15) is 18.4 Å². The van der Waals surface area contributed by atoms with Crippen LogP contribution < -0.4 is 0 Å². The van der Waals surface area contributed by atoms with E-state index in [0.717, 1.165) is 24.3 Å². The number of aryl methyl sites for hydroxylation is 1. The summed E-state index contributed by atoms with van der Waals surface area (Å²) in [5.41, 5.74) is -0.0263. The average Bonchev–Trinajstić information content (AvgIpc) is 2.58. The number of carbonyl (C=O) groups is 2. The van der Waals surface area contributed by atoms with Gasteiger partial charge in [-0.1, -0.05) is 12.1 Å². The molecule has 0 atom stereocenters. The second kappa shape index (κ2) is 7.00. The van der Waals surface area contributed by atoms with Crippen molar-refractivity contribution < 1.29 is 27.9 Å². The molecule has 1 N–H and O–H groups in total. The van der Waals surface area contributed by atoms with Gasteiger partial charge >= 0.3 is 6.18 Å². The summed E-state index contributed by atoms with van der Waals surface area (Å²) >= 11 is 0. The van der Waals surface area contributed by atoms with E-state index in [9.17, 15) is 27.9 Å². The minimum Gasteiger partial charge on any atom is -0.506 e. The second-order valence-corrected chi connectivity index (χ2v) is 5.80. The van der Waals surface area contributed by atoms with Gasteiger partial charge < -0.3 is 5.11 Å². The number of phenolic OH excluding ortho intramolecular Hbond substituents is 1. The van der Waals surface area contributed by atoms with Crippen LogP contribution in [0.1, 0.15) is 49.4 Å². The van der Waals surface area contributed by atoms with Crippen LogP contribution in [0.5, 0.6) is 5.75 Å². The maximum Gasteiger partial charge on any atom is 0.416 e. The Morgan fingerprint density at radius 1 is 1.12 bits per heavy atom. The average molecular weight is 361 g/mol. The minimum absolute atomic E-state index is 0.0460. The number of hydrogen-bond acceptors (Lipinski definition) is 4. The van der Waals surface area contributed by atoms with Crippen molar-refractivity contribution in [2.45, 2.75) is 26.4 Å². The number of halogens is 3. The molecule has 2 aromatic carbocycles. The molecule has 4 nitrogen and oxygen atoms in total. The number of ketones is 2. The molecule has 0 heterocycles. The summed E-state index contributed by atoms with van der Waals surface area (Å²) in [7, 11) is 0. The maximum atomic E-state index is 12.5. The van der Waals surface area contributed by atoms with Crippen LogP contribution in [0.4, 0.5) is 13.2 Å². The van der Waals surface area contributed by atoms with Gasteiger partial charge in [0.15, 0.2) is 11.6 Å². The molecule has 0 bridgehead atoms. The van der Waals surface area contributed by atoms with E-state index in [4.69, 9.17) is 5.26 Å². The molecule has 7 heteroatoms. The van der Waals surface area contributed by atoms with Gasteiger partial charge in [0.2, 0.25) is 0 Å². The van der Waals surface area contributed by atoms with Gasteiger partial charge in [0.05, 0.1) is 23.1 Å². The van der Waals surface area contributed by atoms with Crippen molar-refractivity contribution in [3.8, 4) is 11.8 Å². The van der Waals surface area contributed by atoms with Crippen molar-refractivity contribution in [3.63, 3.8) is 0 Å². The SMILES string of the molecule is Cc1cc(C(=O)CC(=O)c2ccc(C(F)(F)F)cc2)c(O)c(C#N)c1C. The minimum atomic E-state index is -4.52. The van der Waals surface area contributed by atoms with Crippen LogP contribution in [0.15, 0.2) is 30.3 Å². The zero-order chi connectivity index (χ0) is 19.6. The Bertz CT molecular complexity index is 923.